The largest absolute Gasteiger partial charge is 0.376 e. The van der Waals surface area contributed by atoms with Gasteiger partial charge in [-0.2, -0.15) is 0 Å². The molecule has 0 N–H and O–H groups in total. The molecule has 1 saturated carbocycles. The third-order valence-corrected chi connectivity index (χ3v) is 5.92. The Kier molecular flexibility index (Phi) is 5.23. The number of pyridine rings is 1. The minimum atomic E-state index is 0.383. The van der Waals surface area contributed by atoms with Crippen molar-refractivity contribution < 1.29 is 9.47 Å². The minimum Gasteiger partial charge on any atom is -0.376 e. The lowest BCUT2D eigenvalue weighted by Crippen LogP contribution is -2.47. The quantitative estimate of drug-likeness (QED) is 0.805. The molecule has 3 unspecified atom stereocenters. The number of fused-ring (bicyclic) bond motifs is 1. The Balaban J connectivity index is 1.29. The molecule has 0 radical (unpaired) electrons. The Bertz CT molecular complexity index is 620. The second kappa shape index (κ2) is 7.74. The third kappa shape index (κ3) is 3.86. The van der Waals surface area contributed by atoms with Crippen molar-refractivity contribution in [3.05, 3.63) is 52.5 Å². The molecular formula is C19H24N2O2S. The molecule has 2 fully saturated rings. The summed E-state index contributed by atoms with van der Waals surface area (Å²) in [5.74, 6) is 0.603. The number of thiophene rings is 1. The molecule has 2 aromatic rings. The van der Waals surface area contributed by atoms with Gasteiger partial charge in [0.25, 0.3) is 0 Å². The fourth-order valence-corrected chi connectivity index (χ4v) is 4.61. The van der Waals surface area contributed by atoms with Gasteiger partial charge in [-0.25, -0.2) is 0 Å². The summed E-state index contributed by atoms with van der Waals surface area (Å²) in [6, 6.07) is 8.96. The van der Waals surface area contributed by atoms with E-state index in [0.29, 0.717) is 24.7 Å². The van der Waals surface area contributed by atoms with Gasteiger partial charge in [0.1, 0.15) is 0 Å². The first-order chi connectivity index (χ1) is 11.9. The van der Waals surface area contributed by atoms with Gasteiger partial charge in [0, 0.05) is 43.0 Å². The number of aromatic nitrogens is 1. The van der Waals surface area contributed by atoms with Gasteiger partial charge in [0.15, 0.2) is 0 Å². The van der Waals surface area contributed by atoms with Gasteiger partial charge in [-0.1, -0.05) is 6.07 Å². The van der Waals surface area contributed by atoms with E-state index in [1.165, 1.54) is 16.9 Å². The summed E-state index contributed by atoms with van der Waals surface area (Å²) in [5.41, 5.74) is 1.19. The molecule has 2 aromatic heterocycles. The highest BCUT2D eigenvalue weighted by molar-refractivity contribution is 7.09. The van der Waals surface area contributed by atoms with Crippen LogP contribution in [0.1, 0.15) is 23.3 Å². The maximum Gasteiger partial charge on any atom is 0.0734 e. The van der Waals surface area contributed by atoms with Crippen LogP contribution in [0.2, 0.25) is 0 Å². The first-order valence-electron chi connectivity index (χ1n) is 8.73. The summed E-state index contributed by atoms with van der Waals surface area (Å²) in [4.78, 5) is 8.11. The zero-order valence-corrected chi connectivity index (χ0v) is 14.7. The summed E-state index contributed by atoms with van der Waals surface area (Å²) in [5, 5.41) is 2.16. The maximum absolute atomic E-state index is 6.04. The molecule has 3 atom stereocenters. The Hall–Kier alpha value is -1.27. The Labute approximate surface area is 147 Å². The average Bonchev–Trinajstić information content (AvgIpc) is 3.26. The molecule has 2 aliphatic rings. The van der Waals surface area contributed by atoms with Crippen LogP contribution in [0.4, 0.5) is 0 Å². The molecular weight excluding hydrogens is 320 g/mol. The van der Waals surface area contributed by atoms with Gasteiger partial charge in [0.2, 0.25) is 0 Å². The average molecular weight is 344 g/mol. The van der Waals surface area contributed by atoms with Gasteiger partial charge in [0.05, 0.1) is 19.3 Å². The van der Waals surface area contributed by atoms with Gasteiger partial charge in [-0.05, 0) is 47.9 Å². The van der Waals surface area contributed by atoms with Crippen LogP contribution < -0.4 is 0 Å². The van der Waals surface area contributed by atoms with Crippen LogP contribution >= 0.6 is 11.3 Å². The number of hydrogen-bond donors (Lipinski definition) is 0. The molecule has 4 rings (SSSR count). The molecule has 0 spiro atoms. The molecule has 0 bridgehead atoms. The lowest BCUT2D eigenvalue weighted by molar-refractivity contribution is -0.0588. The standard InChI is InChI=1S/C19H24N2O2S/c1-2-17(24-9-1)12-21-7-8-23-19-11-16(10-18(19)21)14-22-13-15-3-5-20-6-4-15/h1-6,9,16,18-19H,7-8,10-14H2. The first kappa shape index (κ1) is 16.2. The molecule has 5 heteroatoms. The van der Waals surface area contributed by atoms with E-state index in [-0.39, 0.29) is 0 Å². The molecule has 0 amide bonds. The first-order valence-corrected chi connectivity index (χ1v) is 9.61. The normalized spacial score (nSPS) is 27.2. The van der Waals surface area contributed by atoms with Gasteiger partial charge in [-0.15, -0.1) is 11.3 Å². The van der Waals surface area contributed by atoms with Crippen LogP contribution in [0.25, 0.3) is 0 Å². The fourth-order valence-electron chi connectivity index (χ4n) is 3.88. The van der Waals surface area contributed by atoms with E-state index >= 15 is 0 Å². The summed E-state index contributed by atoms with van der Waals surface area (Å²) in [7, 11) is 0. The van der Waals surface area contributed by atoms with E-state index in [2.05, 4.69) is 27.4 Å². The number of rotatable bonds is 6. The highest BCUT2D eigenvalue weighted by Crippen LogP contribution is 2.35. The number of hydrogen-bond acceptors (Lipinski definition) is 5. The molecule has 1 saturated heterocycles. The van der Waals surface area contributed by atoms with Crippen molar-refractivity contribution >= 4 is 11.3 Å². The van der Waals surface area contributed by atoms with Crippen LogP contribution in [0.3, 0.4) is 0 Å². The maximum atomic E-state index is 6.04. The monoisotopic (exact) mass is 344 g/mol. The number of ether oxygens (including phenoxy) is 2. The van der Waals surface area contributed by atoms with Gasteiger partial charge in [-0.3, -0.25) is 9.88 Å². The van der Waals surface area contributed by atoms with Crippen LogP contribution in [0, 0.1) is 5.92 Å². The van der Waals surface area contributed by atoms with E-state index in [9.17, 15) is 0 Å². The Morgan fingerprint density at radius 1 is 1.25 bits per heavy atom. The van der Waals surface area contributed by atoms with Crippen LogP contribution in [0.15, 0.2) is 42.0 Å². The Morgan fingerprint density at radius 3 is 3.00 bits per heavy atom. The second-order valence-electron chi connectivity index (χ2n) is 6.73. The molecule has 128 valence electrons. The van der Waals surface area contributed by atoms with Crippen molar-refractivity contribution in [2.24, 2.45) is 5.92 Å². The lowest BCUT2D eigenvalue weighted by Gasteiger charge is -2.37. The predicted octanol–water partition coefficient (Wildman–Crippen LogP) is 3.34. The molecule has 24 heavy (non-hydrogen) atoms. The summed E-state index contributed by atoms with van der Waals surface area (Å²) in [6.07, 6.45) is 6.33. The lowest BCUT2D eigenvalue weighted by atomic mass is 10.1. The van der Waals surface area contributed by atoms with Gasteiger partial charge >= 0.3 is 0 Å². The van der Waals surface area contributed by atoms with E-state index in [4.69, 9.17) is 9.47 Å². The van der Waals surface area contributed by atoms with Crippen molar-refractivity contribution in [3.8, 4) is 0 Å². The van der Waals surface area contributed by atoms with E-state index in [1.54, 1.807) is 0 Å². The summed E-state index contributed by atoms with van der Waals surface area (Å²) >= 11 is 1.85. The van der Waals surface area contributed by atoms with E-state index in [0.717, 1.165) is 32.7 Å². The van der Waals surface area contributed by atoms with Crippen LogP contribution in [-0.4, -0.2) is 41.8 Å². The number of nitrogens with zero attached hydrogens (tertiary/aromatic N) is 2. The number of morpholine rings is 1. The van der Waals surface area contributed by atoms with E-state index < -0.39 is 0 Å². The van der Waals surface area contributed by atoms with E-state index in [1.807, 2.05) is 35.9 Å². The van der Waals surface area contributed by atoms with Crippen LogP contribution in [-0.2, 0) is 22.6 Å². The smallest absolute Gasteiger partial charge is 0.0734 e. The zero-order valence-electron chi connectivity index (χ0n) is 13.8. The van der Waals surface area contributed by atoms with Gasteiger partial charge < -0.3 is 9.47 Å². The SMILES string of the molecule is c1csc(CN2CCOC3CC(COCc4ccncc4)CC32)c1. The highest BCUT2D eigenvalue weighted by Gasteiger charge is 2.40. The molecule has 1 aliphatic carbocycles. The topological polar surface area (TPSA) is 34.6 Å². The van der Waals surface area contributed by atoms with Crippen molar-refractivity contribution in [1.29, 1.82) is 0 Å². The van der Waals surface area contributed by atoms with Crippen LogP contribution in [0.5, 0.6) is 0 Å². The van der Waals surface area contributed by atoms with Crippen molar-refractivity contribution in [2.45, 2.75) is 38.1 Å². The second-order valence-corrected chi connectivity index (χ2v) is 7.77. The zero-order chi connectivity index (χ0) is 16.2. The third-order valence-electron chi connectivity index (χ3n) is 5.06. The predicted molar refractivity (Wildman–Crippen MR) is 94.9 cm³/mol. The van der Waals surface area contributed by atoms with Crippen molar-refractivity contribution in [3.63, 3.8) is 0 Å². The molecule has 0 aromatic carbocycles. The molecule has 4 nitrogen and oxygen atoms in total. The Morgan fingerprint density at radius 2 is 2.17 bits per heavy atom. The summed E-state index contributed by atoms with van der Waals surface area (Å²) in [6.45, 7) is 4.47. The van der Waals surface area contributed by atoms with Crippen molar-refractivity contribution in [2.75, 3.05) is 19.8 Å². The molecule has 3 heterocycles. The highest BCUT2D eigenvalue weighted by atomic mass is 32.1. The fraction of sp³-hybridized carbons (Fsp3) is 0.526. The minimum absolute atomic E-state index is 0.383. The molecule has 1 aliphatic heterocycles. The van der Waals surface area contributed by atoms with Crippen molar-refractivity contribution in [1.82, 2.24) is 9.88 Å². The summed E-state index contributed by atoms with van der Waals surface area (Å²) < 4.78 is 12.0.